The average Bonchev–Trinajstić information content (AvgIpc) is 2.82. The molecule has 0 radical (unpaired) electrons. The van der Waals surface area contributed by atoms with Crippen LogP contribution < -0.4 is 10.6 Å². The summed E-state index contributed by atoms with van der Waals surface area (Å²) in [6, 6.07) is 7.94. The highest BCUT2D eigenvalue weighted by Crippen LogP contribution is 2.36. The van der Waals surface area contributed by atoms with Crippen LogP contribution in [0, 0.1) is 17.2 Å². The number of nitrogens with zero attached hydrogens (tertiary/aromatic N) is 2. The summed E-state index contributed by atoms with van der Waals surface area (Å²) in [5.74, 6) is -0.245. The lowest BCUT2D eigenvalue weighted by Crippen LogP contribution is -2.49. The second-order valence-electron chi connectivity index (χ2n) is 6.83. The molecule has 0 aromatic heterocycles. The van der Waals surface area contributed by atoms with Gasteiger partial charge in [-0.2, -0.15) is 5.26 Å². The van der Waals surface area contributed by atoms with Crippen molar-refractivity contribution in [3.05, 3.63) is 29.8 Å². The number of amides is 4. The van der Waals surface area contributed by atoms with Gasteiger partial charge in [0.1, 0.15) is 12.1 Å². The lowest BCUT2D eigenvalue weighted by atomic mass is 9.77. The molecule has 1 aliphatic carbocycles. The molecule has 0 unspecified atom stereocenters. The molecule has 1 aliphatic heterocycles. The lowest BCUT2D eigenvalue weighted by Gasteiger charge is -2.33. The zero-order valence-corrected chi connectivity index (χ0v) is 14.0. The highest BCUT2D eigenvalue weighted by atomic mass is 16.2. The van der Waals surface area contributed by atoms with E-state index in [1.165, 1.54) is 6.07 Å². The molecule has 0 bridgehead atoms. The van der Waals surface area contributed by atoms with Crippen LogP contribution in [0.3, 0.4) is 0 Å². The van der Waals surface area contributed by atoms with Gasteiger partial charge < -0.3 is 10.6 Å². The van der Waals surface area contributed by atoms with E-state index >= 15 is 0 Å². The molecule has 0 atom stereocenters. The Hall–Kier alpha value is -2.88. The van der Waals surface area contributed by atoms with Crippen LogP contribution >= 0.6 is 0 Å². The van der Waals surface area contributed by atoms with E-state index < -0.39 is 17.5 Å². The molecule has 1 heterocycles. The Kier molecular flexibility index (Phi) is 4.45. The van der Waals surface area contributed by atoms with E-state index in [4.69, 9.17) is 5.26 Å². The van der Waals surface area contributed by atoms with Crippen molar-refractivity contribution in [3.63, 3.8) is 0 Å². The Morgan fingerprint density at radius 3 is 2.80 bits per heavy atom. The first kappa shape index (κ1) is 17.0. The Balaban J connectivity index is 1.66. The number of rotatable bonds is 3. The molecule has 7 heteroatoms. The fraction of sp³-hybridized carbons (Fsp3) is 0.444. The van der Waals surface area contributed by atoms with Gasteiger partial charge in [0.25, 0.3) is 5.91 Å². The molecule has 1 aromatic carbocycles. The summed E-state index contributed by atoms with van der Waals surface area (Å²) in [4.78, 5) is 38.1. The van der Waals surface area contributed by atoms with Gasteiger partial charge in [-0.1, -0.05) is 13.0 Å². The molecular formula is C18H20N4O3. The van der Waals surface area contributed by atoms with E-state index in [1.807, 2.05) is 6.07 Å². The monoisotopic (exact) mass is 340 g/mol. The number of hydrogen-bond donors (Lipinski definition) is 2. The Bertz CT molecular complexity index is 760. The number of imide groups is 1. The second kappa shape index (κ2) is 6.55. The maximum absolute atomic E-state index is 12.7. The van der Waals surface area contributed by atoms with Gasteiger partial charge in [-0.15, -0.1) is 0 Å². The molecule has 1 saturated carbocycles. The molecule has 25 heavy (non-hydrogen) atoms. The van der Waals surface area contributed by atoms with E-state index in [9.17, 15) is 14.4 Å². The van der Waals surface area contributed by atoms with Gasteiger partial charge in [-0.3, -0.25) is 14.5 Å². The second-order valence-corrected chi connectivity index (χ2v) is 6.83. The molecule has 1 saturated heterocycles. The number of nitriles is 1. The number of carbonyl (C=O) groups is 3. The maximum Gasteiger partial charge on any atom is 0.325 e. The zero-order chi connectivity index (χ0) is 18.0. The summed E-state index contributed by atoms with van der Waals surface area (Å²) < 4.78 is 0. The minimum atomic E-state index is -0.843. The fourth-order valence-electron chi connectivity index (χ4n) is 3.42. The minimum Gasteiger partial charge on any atom is -0.324 e. The average molecular weight is 340 g/mol. The van der Waals surface area contributed by atoms with Gasteiger partial charge >= 0.3 is 6.03 Å². The van der Waals surface area contributed by atoms with Crippen LogP contribution in [0.25, 0.3) is 0 Å². The molecular weight excluding hydrogens is 320 g/mol. The number of nitrogens with one attached hydrogen (secondary N) is 2. The van der Waals surface area contributed by atoms with Gasteiger partial charge in [-0.25, -0.2) is 4.79 Å². The molecule has 1 spiro atoms. The number of carbonyl (C=O) groups excluding carboxylic acids is 3. The van der Waals surface area contributed by atoms with Crippen molar-refractivity contribution in [1.82, 2.24) is 10.2 Å². The molecule has 4 amide bonds. The van der Waals surface area contributed by atoms with E-state index in [0.29, 0.717) is 30.0 Å². The molecule has 3 rings (SSSR count). The molecule has 2 fully saturated rings. The van der Waals surface area contributed by atoms with Crippen LogP contribution in [0.1, 0.15) is 38.2 Å². The molecule has 130 valence electrons. The Morgan fingerprint density at radius 1 is 1.40 bits per heavy atom. The van der Waals surface area contributed by atoms with Crippen molar-refractivity contribution in [2.45, 2.75) is 38.1 Å². The summed E-state index contributed by atoms with van der Waals surface area (Å²) in [7, 11) is 0. The molecule has 1 aromatic rings. The number of urea groups is 1. The van der Waals surface area contributed by atoms with E-state index in [1.54, 1.807) is 18.2 Å². The third kappa shape index (κ3) is 3.33. The molecule has 7 nitrogen and oxygen atoms in total. The van der Waals surface area contributed by atoms with Gasteiger partial charge in [0, 0.05) is 5.69 Å². The van der Waals surface area contributed by atoms with Crippen molar-refractivity contribution >= 4 is 23.5 Å². The first-order chi connectivity index (χ1) is 11.9. The standard InChI is InChI=1S/C18H20N4O3/c1-12-5-7-18(8-6-12)16(24)22(17(25)21-18)11-15(23)20-14-4-2-3-13(9-14)10-19/h2-4,9,12H,5-8,11H2,1H3,(H,20,23)(H,21,25). The summed E-state index contributed by atoms with van der Waals surface area (Å²) in [5.41, 5.74) is 0.0327. The first-order valence-corrected chi connectivity index (χ1v) is 8.38. The van der Waals surface area contributed by atoms with Crippen molar-refractivity contribution in [3.8, 4) is 6.07 Å². The Labute approximate surface area is 146 Å². The highest BCUT2D eigenvalue weighted by Gasteiger charge is 2.52. The molecule has 2 N–H and O–H groups in total. The molecule has 2 aliphatic rings. The van der Waals surface area contributed by atoms with Crippen LogP contribution in [0.5, 0.6) is 0 Å². The minimum absolute atomic E-state index is 0.315. The number of anilines is 1. The predicted molar refractivity (Wildman–Crippen MR) is 90.4 cm³/mol. The summed E-state index contributed by atoms with van der Waals surface area (Å²) >= 11 is 0. The third-order valence-electron chi connectivity index (χ3n) is 4.95. The predicted octanol–water partition coefficient (Wildman–Crippen LogP) is 2.00. The van der Waals surface area contributed by atoms with Crippen LogP contribution in [0.15, 0.2) is 24.3 Å². The quantitative estimate of drug-likeness (QED) is 0.822. The number of benzene rings is 1. The number of hydrogen-bond acceptors (Lipinski definition) is 4. The van der Waals surface area contributed by atoms with Crippen LogP contribution in [0.2, 0.25) is 0 Å². The maximum atomic E-state index is 12.7. The van der Waals surface area contributed by atoms with E-state index in [-0.39, 0.29) is 12.5 Å². The third-order valence-corrected chi connectivity index (χ3v) is 4.95. The van der Waals surface area contributed by atoms with Crippen molar-refractivity contribution in [1.29, 1.82) is 5.26 Å². The van der Waals surface area contributed by atoms with Crippen LogP contribution in [-0.4, -0.2) is 34.8 Å². The van der Waals surface area contributed by atoms with E-state index in [2.05, 4.69) is 17.6 Å². The smallest absolute Gasteiger partial charge is 0.324 e. The lowest BCUT2D eigenvalue weighted by molar-refractivity contribution is -0.135. The highest BCUT2D eigenvalue weighted by molar-refractivity contribution is 6.10. The van der Waals surface area contributed by atoms with Crippen molar-refractivity contribution < 1.29 is 14.4 Å². The van der Waals surface area contributed by atoms with Crippen LogP contribution in [0.4, 0.5) is 10.5 Å². The summed E-state index contributed by atoms with van der Waals surface area (Å²) in [6.07, 6.45) is 2.99. The largest absolute Gasteiger partial charge is 0.325 e. The fourth-order valence-corrected chi connectivity index (χ4v) is 3.42. The van der Waals surface area contributed by atoms with Gasteiger partial charge in [-0.05, 0) is 49.8 Å². The zero-order valence-electron chi connectivity index (χ0n) is 14.0. The van der Waals surface area contributed by atoms with Gasteiger partial charge in [0.15, 0.2) is 0 Å². The summed E-state index contributed by atoms with van der Waals surface area (Å²) in [6.45, 7) is 1.80. The van der Waals surface area contributed by atoms with Gasteiger partial charge in [0.05, 0.1) is 11.6 Å². The van der Waals surface area contributed by atoms with Crippen molar-refractivity contribution in [2.75, 3.05) is 11.9 Å². The topological polar surface area (TPSA) is 102 Å². The normalized spacial score (nSPS) is 25.6. The van der Waals surface area contributed by atoms with Crippen LogP contribution in [-0.2, 0) is 9.59 Å². The van der Waals surface area contributed by atoms with Gasteiger partial charge in [0.2, 0.25) is 5.91 Å². The first-order valence-electron chi connectivity index (χ1n) is 8.38. The van der Waals surface area contributed by atoms with E-state index in [0.717, 1.165) is 17.7 Å². The summed E-state index contributed by atoms with van der Waals surface area (Å²) in [5, 5.41) is 14.3. The SMILES string of the molecule is CC1CCC2(CC1)NC(=O)N(CC(=O)Nc1cccc(C#N)c1)C2=O. The Morgan fingerprint density at radius 2 is 2.12 bits per heavy atom. The van der Waals surface area contributed by atoms with Crippen molar-refractivity contribution in [2.24, 2.45) is 5.92 Å².